The van der Waals surface area contributed by atoms with Crippen LogP contribution >= 0.6 is 31.9 Å². The molecule has 0 bridgehead atoms. The van der Waals surface area contributed by atoms with Crippen molar-refractivity contribution < 1.29 is 5.21 Å². The van der Waals surface area contributed by atoms with Gasteiger partial charge in [-0.05, 0) is 34.1 Å². The molecule has 0 aliphatic carbocycles. The summed E-state index contributed by atoms with van der Waals surface area (Å²) in [5, 5.41) is 15.9. The maximum absolute atomic E-state index is 8.76. The van der Waals surface area contributed by atoms with Crippen molar-refractivity contribution in [2.45, 2.75) is 0 Å². The fraction of sp³-hybridized carbons (Fsp3) is 0. The van der Waals surface area contributed by atoms with Gasteiger partial charge in [-0.25, -0.2) is 4.68 Å². The summed E-state index contributed by atoms with van der Waals surface area (Å²) in [6, 6.07) is 5.45. The van der Waals surface area contributed by atoms with Crippen molar-refractivity contribution in [1.29, 1.82) is 0 Å². The van der Waals surface area contributed by atoms with E-state index in [4.69, 9.17) is 10.9 Å². The van der Waals surface area contributed by atoms with E-state index in [2.05, 4.69) is 42.1 Å². The van der Waals surface area contributed by atoms with Crippen molar-refractivity contribution >= 4 is 37.7 Å². The van der Waals surface area contributed by atoms with E-state index in [1.165, 1.54) is 0 Å². The number of rotatable bonds is 2. The normalized spacial score (nSPS) is 11.8. The van der Waals surface area contributed by atoms with Crippen molar-refractivity contribution in [3.05, 3.63) is 45.1 Å². The van der Waals surface area contributed by atoms with E-state index in [1.54, 1.807) is 23.1 Å². The molecule has 1 aromatic carbocycles. The first-order chi connectivity index (χ1) is 8.11. The third kappa shape index (κ3) is 2.50. The molecule has 0 radical (unpaired) electrons. The molecule has 1 aromatic heterocycles. The van der Waals surface area contributed by atoms with Crippen LogP contribution in [0.15, 0.2) is 44.7 Å². The van der Waals surface area contributed by atoms with Crippen molar-refractivity contribution in [3.63, 3.8) is 0 Å². The number of amidine groups is 1. The predicted octanol–water partition coefficient (Wildman–Crippen LogP) is 2.49. The first kappa shape index (κ1) is 12.1. The van der Waals surface area contributed by atoms with E-state index >= 15 is 0 Å². The summed E-state index contributed by atoms with van der Waals surface area (Å²) in [6.07, 6.45) is 3.45. The van der Waals surface area contributed by atoms with Gasteiger partial charge in [-0.1, -0.05) is 21.1 Å². The van der Waals surface area contributed by atoms with Crippen LogP contribution in [0.25, 0.3) is 5.69 Å². The minimum Gasteiger partial charge on any atom is -0.409 e. The zero-order valence-electron chi connectivity index (χ0n) is 8.51. The number of halogens is 2. The van der Waals surface area contributed by atoms with Gasteiger partial charge in [0.15, 0.2) is 5.84 Å². The topological polar surface area (TPSA) is 76.4 Å². The van der Waals surface area contributed by atoms with Gasteiger partial charge in [-0.2, -0.15) is 5.10 Å². The van der Waals surface area contributed by atoms with Gasteiger partial charge in [0.1, 0.15) is 0 Å². The first-order valence-electron chi connectivity index (χ1n) is 4.60. The fourth-order valence-corrected chi connectivity index (χ4v) is 2.05. The molecule has 5 nitrogen and oxygen atoms in total. The van der Waals surface area contributed by atoms with Crippen LogP contribution in [0.1, 0.15) is 5.56 Å². The average molecular weight is 360 g/mol. The van der Waals surface area contributed by atoms with Crippen molar-refractivity contribution in [1.82, 2.24) is 9.78 Å². The van der Waals surface area contributed by atoms with E-state index in [9.17, 15) is 0 Å². The molecule has 0 fully saturated rings. The van der Waals surface area contributed by atoms with Gasteiger partial charge in [0.2, 0.25) is 0 Å². The van der Waals surface area contributed by atoms with Crippen LogP contribution in [0.2, 0.25) is 0 Å². The number of hydrogen-bond donors (Lipinski definition) is 2. The summed E-state index contributed by atoms with van der Waals surface area (Å²) in [4.78, 5) is 0. The fourth-order valence-electron chi connectivity index (χ4n) is 1.40. The lowest BCUT2D eigenvalue weighted by Gasteiger charge is -2.08. The van der Waals surface area contributed by atoms with Crippen LogP contribution in [-0.4, -0.2) is 20.8 Å². The monoisotopic (exact) mass is 358 g/mol. The second kappa shape index (κ2) is 4.89. The summed E-state index contributed by atoms with van der Waals surface area (Å²) < 4.78 is 3.34. The summed E-state index contributed by atoms with van der Waals surface area (Å²) >= 11 is 6.66. The van der Waals surface area contributed by atoms with Gasteiger partial charge in [0.05, 0.1) is 16.4 Å². The molecule has 0 aliphatic heterocycles. The Morgan fingerprint density at radius 1 is 1.35 bits per heavy atom. The van der Waals surface area contributed by atoms with Crippen LogP contribution in [0.4, 0.5) is 0 Å². The van der Waals surface area contributed by atoms with Gasteiger partial charge in [-0.3, -0.25) is 0 Å². The first-order valence-corrected chi connectivity index (χ1v) is 6.18. The molecule has 88 valence electrons. The molecule has 2 aromatic rings. The zero-order valence-corrected chi connectivity index (χ0v) is 11.7. The Labute approximate surface area is 114 Å². The molecule has 7 heteroatoms. The van der Waals surface area contributed by atoms with Gasteiger partial charge in [0, 0.05) is 16.2 Å². The number of nitrogens with zero attached hydrogens (tertiary/aromatic N) is 3. The van der Waals surface area contributed by atoms with Crippen LogP contribution < -0.4 is 5.73 Å². The van der Waals surface area contributed by atoms with Crippen molar-refractivity contribution in [2.24, 2.45) is 10.9 Å². The molecule has 0 aliphatic rings. The number of nitrogens with two attached hydrogens (primary N) is 1. The van der Waals surface area contributed by atoms with E-state index < -0.39 is 0 Å². The van der Waals surface area contributed by atoms with E-state index in [0.29, 0.717) is 5.56 Å². The van der Waals surface area contributed by atoms with Crippen LogP contribution in [0, 0.1) is 0 Å². The second-order valence-electron chi connectivity index (χ2n) is 3.25. The molecular weight excluding hydrogens is 352 g/mol. The van der Waals surface area contributed by atoms with Crippen LogP contribution in [0.5, 0.6) is 0 Å². The molecule has 3 N–H and O–H groups in total. The second-order valence-corrected chi connectivity index (χ2v) is 5.08. The maximum atomic E-state index is 8.76. The summed E-state index contributed by atoms with van der Waals surface area (Å²) in [5.41, 5.74) is 6.96. The Hall–Kier alpha value is -1.34. The molecular formula is C10H8Br2N4O. The van der Waals surface area contributed by atoms with E-state index in [1.807, 2.05) is 12.1 Å². The Balaban J connectivity index is 2.61. The number of benzene rings is 1. The van der Waals surface area contributed by atoms with Gasteiger partial charge < -0.3 is 10.9 Å². The predicted molar refractivity (Wildman–Crippen MR) is 71.5 cm³/mol. The van der Waals surface area contributed by atoms with E-state index in [-0.39, 0.29) is 5.84 Å². The largest absolute Gasteiger partial charge is 0.409 e. The molecule has 0 amide bonds. The molecule has 0 saturated carbocycles. The number of hydrogen-bond acceptors (Lipinski definition) is 3. The SMILES string of the molecule is N/C(=N/O)c1cc(Br)ccc1-n1cc(Br)cn1. The van der Waals surface area contributed by atoms with Crippen LogP contribution in [0.3, 0.4) is 0 Å². The van der Waals surface area contributed by atoms with Crippen molar-refractivity contribution in [2.75, 3.05) is 0 Å². The Morgan fingerprint density at radius 3 is 2.71 bits per heavy atom. The maximum Gasteiger partial charge on any atom is 0.172 e. The highest BCUT2D eigenvalue weighted by Crippen LogP contribution is 2.21. The van der Waals surface area contributed by atoms with Crippen LogP contribution in [-0.2, 0) is 0 Å². The van der Waals surface area contributed by atoms with E-state index in [0.717, 1.165) is 14.6 Å². The summed E-state index contributed by atoms with van der Waals surface area (Å²) in [6.45, 7) is 0. The van der Waals surface area contributed by atoms with Gasteiger partial charge in [0.25, 0.3) is 0 Å². The minimum absolute atomic E-state index is 0.0351. The Bertz CT molecular complexity index is 579. The van der Waals surface area contributed by atoms with Gasteiger partial charge in [-0.15, -0.1) is 0 Å². The smallest absolute Gasteiger partial charge is 0.172 e. The highest BCUT2D eigenvalue weighted by atomic mass is 79.9. The standard InChI is InChI=1S/C10H8Br2N4O/c11-6-1-2-9(8(3-6)10(13)15-17)16-5-7(12)4-14-16/h1-5,17H,(H2,13,15). The highest BCUT2D eigenvalue weighted by Gasteiger charge is 2.10. The third-order valence-corrected chi connectivity index (χ3v) is 3.04. The molecule has 0 unspecified atom stereocenters. The molecule has 0 saturated heterocycles. The number of oxime groups is 1. The quantitative estimate of drug-likeness (QED) is 0.374. The number of aromatic nitrogens is 2. The lowest BCUT2D eigenvalue weighted by Crippen LogP contribution is -2.16. The zero-order chi connectivity index (χ0) is 12.4. The summed E-state index contributed by atoms with van der Waals surface area (Å²) in [7, 11) is 0. The summed E-state index contributed by atoms with van der Waals surface area (Å²) in [5.74, 6) is 0.0351. The lowest BCUT2D eigenvalue weighted by molar-refractivity contribution is 0.318. The minimum atomic E-state index is 0.0351. The molecule has 0 spiro atoms. The Morgan fingerprint density at radius 2 is 2.12 bits per heavy atom. The third-order valence-electron chi connectivity index (χ3n) is 2.14. The molecule has 2 rings (SSSR count). The Kier molecular flexibility index (Phi) is 3.49. The van der Waals surface area contributed by atoms with Gasteiger partial charge >= 0.3 is 0 Å². The van der Waals surface area contributed by atoms with Crippen molar-refractivity contribution in [3.8, 4) is 5.69 Å². The lowest BCUT2D eigenvalue weighted by atomic mass is 10.1. The highest BCUT2D eigenvalue weighted by molar-refractivity contribution is 9.10. The average Bonchev–Trinajstić information content (AvgIpc) is 2.74. The molecule has 17 heavy (non-hydrogen) atoms. The molecule has 1 heterocycles. The molecule has 0 atom stereocenters.